The first-order valence-electron chi connectivity index (χ1n) is 11.8. The van der Waals surface area contributed by atoms with E-state index in [0.29, 0.717) is 17.4 Å². The number of phenolic OH excluding ortho intramolecular Hbond substituents is 1. The number of fused-ring (bicyclic) bond motifs is 1. The largest absolute Gasteiger partial charge is 1.00 e. The number of rotatable bonds is 10. The Morgan fingerprint density at radius 3 is 1.94 bits per heavy atom. The molecule has 0 bridgehead atoms. The van der Waals surface area contributed by atoms with E-state index in [-0.39, 0.29) is 92.4 Å². The van der Waals surface area contributed by atoms with E-state index in [0.717, 1.165) is 30.3 Å². The van der Waals surface area contributed by atoms with E-state index >= 15 is 0 Å². The van der Waals surface area contributed by atoms with Crippen molar-refractivity contribution in [3.8, 4) is 5.75 Å². The minimum Gasteiger partial charge on any atom is -0.744 e. The summed E-state index contributed by atoms with van der Waals surface area (Å²) in [5.74, 6) is -3.57. The fraction of sp³-hybridized carbons (Fsp3) is 0. The van der Waals surface area contributed by atoms with Crippen LogP contribution in [0.25, 0.3) is 10.8 Å². The number of anilines is 4. The molecule has 5 rings (SSSR count). The Labute approximate surface area is 309 Å². The van der Waals surface area contributed by atoms with E-state index in [1.807, 2.05) is 0 Å². The molecule has 15 nitrogen and oxygen atoms in total. The Morgan fingerprint density at radius 2 is 1.38 bits per heavy atom. The summed E-state index contributed by atoms with van der Waals surface area (Å²) in [6.45, 7) is 0. The Hall–Kier alpha value is -3.06. The van der Waals surface area contributed by atoms with Gasteiger partial charge in [-0.1, -0.05) is 6.07 Å². The van der Waals surface area contributed by atoms with Crippen LogP contribution in [0.2, 0.25) is 0 Å². The first-order valence-corrected chi connectivity index (χ1v) is 13.9. The number of aromatic hydroxyl groups is 1. The van der Waals surface area contributed by atoms with Crippen molar-refractivity contribution in [2.75, 3.05) is 10.6 Å². The maximum Gasteiger partial charge on any atom is 1.00 e. The van der Waals surface area contributed by atoms with Gasteiger partial charge in [0.15, 0.2) is 5.75 Å². The van der Waals surface area contributed by atoms with Crippen LogP contribution in [-0.4, -0.2) is 38.0 Å². The Bertz CT molecular complexity index is 2050. The van der Waals surface area contributed by atoms with Gasteiger partial charge < -0.3 is 25.6 Å². The summed E-state index contributed by atoms with van der Waals surface area (Å²) in [6.07, 6.45) is -2.73. The summed E-state index contributed by atoms with van der Waals surface area (Å²) in [7, 11) is -5.15. The third-order valence-corrected chi connectivity index (χ3v) is 7.07. The Kier molecular flexibility index (Phi) is 13.4. The van der Waals surface area contributed by atoms with Crippen molar-refractivity contribution in [1.82, 2.24) is 19.9 Å². The van der Waals surface area contributed by atoms with Gasteiger partial charge in [-0.15, -0.1) is 10.2 Å². The van der Waals surface area contributed by atoms with Gasteiger partial charge in [-0.3, -0.25) is 5.04 Å². The molecule has 2 heterocycles. The molecule has 0 saturated carbocycles. The number of benzene rings is 3. The molecule has 0 aliphatic heterocycles. The van der Waals surface area contributed by atoms with Crippen molar-refractivity contribution in [2.24, 2.45) is 10.2 Å². The van der Waals surface area contributed by atoms with Crippen molar-refractivity contribution in [3.05, 3.63) is 78.6 Å². The predicted octanol–water partition coefficient (Wildman–Crippen LogP) is -1.27. The molecule has 47 heavy (non-hydrogen) atoms. The monoisotopic (exact) mass is 710 g/mol. The third kappa shape index (κ3) is 9.74. The zero-order valence-electron chi connectivity index (χ0n) is 23.6. The normalized spacial score (nSPS) is 11.3. The topological polar surface area (TPSA) is 219 Å². The summed E-state index contributed by atoms with van der Waals surface area (Å²) < 4.78 is 93.9. The molecule has 0 atom stereocenters. The van der Waals surface area contributed by atoms with Crippen LogP contribution in [0.3, 0.4) is 0 Å². The molecule has 3 N–H and O–H groups in total. The van der Waals surface area contributed by atoms with Crippen LogP contribution in [0.4, 0.5) is 51.9 Å². The van der Waals surface area contributed by atoms with Gasteiger partial charge in [0.25, 0.3) is 0 Å². The van der Waals surface area contributed by atoms with Crippen molar-refractivity contribution in [2.45, 2.75) is 9.79 Å². The number of hydrogen-bond donors (Lipinski definition) is 3. The quantitative estimate of drug-likeness (QED) is 0.0177. The van der Waals surface area contributed by atoms with E-state index in [1.165, 1.54) is 24.3 Å². The number of halogens is 4. The molecule has 3 aromatic carbocycles. The molecular formula is C24H12F4N8Na2O7S2. The molecule has 0 fully saturated rings. The minimum atomic E-state index is -5.15. The number of hydrogen-bond acceptors (Lipinski definition) is 16. The van der Waals surface area contributed by atoms with Crippen LogP contribution in [0.1, 0.15) is 0 Å². The van der Waals surface area contributed by atoms with Crippen molar-refractivity contribution >= 4 is 67.3 Å². The van der Waals surface area contributed by atoms with Crippen LogP contribution < -0.4 is 75.0 Å². The maximum absolute atomic E-state index is 13.5. The second kappa shape index (κ2) is 16.4. The standard InChI is InChI=1S/C24H14F4N8O7S2.2Na/c25-17-8-19(33-23(27)31-17)29-11-2-1-10-5-15(44-43-42-38)21(22(37)13(10)6-11)36-35-14-7-12(3-4-16(14)45(39,40)41)30-20-9-18(26)32-24(28)34-20;;/h1-9,37-38H,(H,29,31,33)(H,30,32,34)(H,39,40,41);;/q;2*+1/p-2. The van der Waals surface area contributed by atoms with Crippen molar-refractivity contribution in [3.63, 3.8) is 0 Å². The first kappa shape index (κ1) is 38.4. The van der Waals surface area contributed by atoms with Gasteiger partial charge >= 0.3 is 71.3 Å². The van der Waals surface area contributed by atoms with E-state index < -0.39 is 56.2 Å². The number of nitrogens with one attached hydrogen (secondary N) is 2. The average molecular weight is 711 g/mol. The number of phenols is 1. The van der Waals surface area contributed by atoms with Crippen LogP contribution in [0.5, 0.6) is 5.75 Å². The molecule has 0 saturated heterocycles. The number of azo groups is 1. The predicted molar refractivity (Wildman–Crippen MR) is 143 cm³/mol. The summed E-state index contributed by atoms with van der Waals surface area (Å²) in [5.41, 5.74) is -0.838. The van der Waals surface area contributed by atoms with E-state index in [2.05, 4.69) is 50.2 Å². The van der Waals surface area contributed by atoms with E-state index in [9.17, 15) is 40.9 Å². The molecule has 0 amide bonds. The first-order chi connectivity index (χ1) is 21.4. The number of nitrogens with zero attached hydrogens (tertiary/aromatic N) is 6. The van der Waals surface area contributed by atoms with Gasteiger partial charge in [0.05, 0.1) is 21.8 Å². The molecule has 0 unspecified atom stereocenters. The van der Waals surface area contributed by atoms with Gasteiger partial charge in [-0.2, -0.15) is 41.8 Å². The molecule has 232 valence electrons. The van der Waals surface area contributed by atoms with Gasteiger partial charge in [-0.25, -0.2) is 8.42 Å². The van der Waals surface area contributed by atoms with Crippen LogP contribution in [0.15, 0.2) is 74.6 Å². The summed E-state index contributed by atoms with van der Waals surface area (Å²) in [5, 5.41) is 38.2. The summed E-state index contributed by atoms with van der Waals surface area (Å²) in [6, 6.07) is 10.1. The van der Waals surface area contributed by atoms with Crippen molar-refractivity contribution < 1.29 is 109 Å². The fourth-order valence-corrected chi connectivity index (χ4v) is 4.90. The zero-order chi connectivity index (χ0) is 32.3. The van der Waals surface area contributed by atoms with Crippen LogP contribution in [-0.2, 0) is 19.5 Å². The second-order valence-electron chi connectivity index (χ2n) is 8.50. The minimum absolute atomic E-state index is 0. The van der Waals surface area contributed by atoms with Gasteiger partial charge in [0.1, 0.15) is 33.1 Å². The molecule has 2 aromatic heterocycles. The Morgan fingerprint density at radius 1 is 0.809 bits per heavy atom. The zero-order valence-corrected chi connectivity index (χ0v) is 29.2. The third-order valence-electron chi connectivity index (χ3n) is 5.57. The van der Waals surface area contributed by atoms with Crippen LogP contribution in [0, 0.1) is 24.1 Å². The molecular weight excluding hydrogens is 698 g/mol. The summed E-state index contributed by atoms with van der Waals surface area (Å²) in [4.78, 5) is 11.6. The molecule has 0 aliphatic rings. The van der Waals surface area contributed by atoms with E-state index in [4.69, 9.17) is 0 Å². The Balaban J connectivity index is 0.00000300. The fourth-order valence-electron chi connectivity index (χ4n) is 3.82. The van der Waals surface area contributed by atoms with Gasteiger partial charge in [0, 0.05) is 28.9 Å². The van der Waals surface area contributed by atoms with Gasteiger partial charge in [0.2, 0.25) is 11.9 Å². The molecule has 0 spiro atoms. The summed E-state index contributed by atoms with van der Waals surface area (Å²) >= 11 is 0.297. The van der Waals surface area contributed by atoms with Crippen LogP contribution >= 0.6 is 12.0 Å². The maximum atomic E-state index is 13.5. The molecule has 23 heteroatoms. The molecule has 0 radical (unpaired) electrons. The van der Waals surface area contributed by atoms with Gasteiger partial charge in [-0.05, 0) is 41.8 Å². The van der Waals surface area contributed by atoms with Crippen molar-refractivity contribution in [1.29, 1.82) is 0 Å². The average Bonchev–Trinajstić information content (AvgIpc) is 2.94. The smallest absolute Gasteiger partial charge is 0.744 e. The second-order valence-corrected chi connectivity index (χ2v) is 10.6. The SMILES string of the molecule is O=S(=O)([O-])c1ccc(Nc2cc(F)nc(F)n2)cc1N=Nc1c(SOO[O-])cc2ccc(Nc3cc(F)nc(F)n3)cc2c1O.[Na+].[Na+]. The molecule has 5 aromatic rings. The molecule has 0 aliphatic carbocycles. The number of aromatic nitrogens is 4. The van der Waals surface area contributed by atoms with E-state index in [1.54, 1.807) is 0 Å².